The molecule has 0 bridgehead atoms. The Morgan fingerprint density at radius 2 is 1.31 bits per heavy atom. The first-order valence-electron chi connectivity index (χ1n) is 9.35. The summed E-state index contributed by atoms with van der Waals surface area (Å²) in [5, 5.41) is 0. The molecule has 3 aromatic rings. The molecule has 1 heterocycles. The van der Waals surface area contributed by atoms with Crippen molar-refractivity contribution in [3.63, 3.8) is 0 Å². The molecular weight excluding hydrogens is 382 g/mol. The number of aryl methyl sites for hydroxylation is 1. The third-order valence-corrected chi connectivity index (χ3v) is 7.07. The molecule has 3 aromatic carbocycles. The van der Waals surface area contributed by atoms with Crippen molar-refractivity contribution in [2.24, 2.45) is 0 Å². The van der Waals surface area contributed by atoms with Gasteiger partial charge in [-0.05, 0) is 30.2 Å². The summed E-state index contributed by atoms with van der Waals surface area (Å²) in [5.74, 6) is -1.01. The molecule has 1 fully saturated rings. The van der Waals surface area contributed by atoms with E-state index in [4.69, 9.17) is 0 Å². The molecule has 146 valence electrons. The van der Waals surface area contributed by atoms with E-state index in [9.17, 15) is 13.2 Å². The van der Waals surface area contributed by atoms with Crippen LogP contribution in [0.2, 0.25) is 0 Å². The van der Waals surface area contributed by atoms with Gasteiger partial charge in [0, 0.05) is 11.5 Å². The van der Waals surface area contributed by atoms with Crippen molar-refractivity contribution in [3.05, 3.63) is 114 Å². The van der Waals surface area contributed by atoms with Gasteiger partial charge in [0.25, 0.3) is 15.9 Å². The fourth-order valence-corrected chi connectivity index (χ4v) is 5.42. The zero-order valence-corrected chi connectivity index (χ0v) is 16.8. The summed E-state index contributed by atoms with van der Waals surface area (Å²) >= 11 is 0. The Labute approximate surface area is 171 Å². The van der Waals surface area contributed by atoms with Gasteiger partial charge in [-0.15, -0.1) is 0 Å². The minimum atomic E-state index is -4.05. The van der Waals surface area contributed by atoms with Gasteiger partial charge in [-0.25, -0.2) is 12.7 Å². The van der Waals surface area contributed by atoms with E-state index in [-0.39, 0.29) is 10.5 Å². The first-order valence-corrected chi connectivity index (χ1v) is 10.8. The third-order valence-electron chi connectivity index (χ3n) is 5.30. The molecule has 29 heavy (non-hydrogen) atoms. The van der Waals surface area contributed by atoms with Crippen molar-refractivity contribution in [2.45, 2.75) is 23.8 Å². The number of benzene rings is 3. The van der Waals surface area contributed by atoms with Gasteiger partial charge < -0.3 is 0 Å². The Balaban J connectivity index is 1.91. The van der Waals surface area contributed by atoms with E-state index in [1.54, 1.807) is 24.3 Å². The quantitative estimate of drug-likeness (QED) is 0.598. The second kappa shape index (κ2) is 7.33. The zero-order chi connectivity index (χ0) is 20.6. The highest BCUT2D eigenvalue weighted by atomic mass is 32.2. The van der Waals surface area contributed by atoms with Crippen LogP contribution in [0, 0.1) is 6.92 Å². The summed E-state index contributed by atoms with van der Waals surface area (Å²) in [4.78, 5) is 13.3. The van der Waals surface area contributed by atoms with Crippen LogP contribution < -0.4 is 0 Å². The molecule has 0 aromatic heterocycles. The average molecular weight is 404 g/mol. The van der Waals surface area contributed by atoms with Crippen molar-refractivity contribution >= 4 is 15.9 Å². The standard InChI is InChI=1S/C24H21NO3S/c1-17-13-15-21(16-14-17)29(27,28)25-23(20-11-7-4-8-12-20)22(18(2)24(25)26)19-9-5-3-6-10-19/h3-16,22-23H,2H2,1H3/t22-,23+/m0/s1. The molecule has 1 aliphatic heterocycles. The Hall–Kier alpha value is -3.18. The van der Waals surface area contributed by atoms with Crippen molar-refractivity contribution in [1.29, 1.82) is 0 Å². The number of hydrogen-bond donors (Lipinski definition) is 0. The third kappa shape index (κ3) is 3.28. The van der Waals surface area contributed by atoms with Crippen LogP contribution in [-0.2, 0) is 14.8 Å². The van der Waals surface area contributed by atoms with Crippen LogP contribution in [-0.4, -0.2) is 18.6 Å². The first-order chi connectivity index (χ1) is 13.9. The topological polar surface area (TPSA) is 54.5 Å². The monoisotopic (exact) mass is 403 g/mol. The lowest BCUT2D eigenvalue weighted by Gasteiger charge is -2.28. The predicted molar refractivity (Wildman–Crippen MR) is 113 cm³/mol. The van der Waals surface area contributed by atoms with Crippen LogP contribution in [0.15, 0.2) is 102 Å². The molecule has 1 saturated heterocycles. The summed E-state index contributed by atoms with van der Waals surface area (Å²) in [6.45, 7) is 5.87. The smallest absolute Gasteiger partial charge is 0.267 e. The maximum Gasteiger partial charge on any atom is 0.267 e. The first kappa shape index (κ1) is 19.2. The maximum absolute atomic E-state index is 13.5. The van der Waals surface area contributed by atoms with Gasteiger partial charge in [0.2, 0.25) is 0 Å². The summed E-state index contributed by atoms with van der Waals surface area (Å²) in [5.41, 5.74) is 2.84. The SMILES string of the molecule is C=C1C(=O)N(S(=O)(=O)c2ccc(C)cc2)[C@H](c2ccccc2)[C@@H]1c1ccccc1. The van der Waals surface area contributed by atoms with Crippen LogP contribution in [0.5, 0.6) is 0 Å². The second-order valence-corrected chi connectivity index (χ2v) is 9.00. The minimum absolute atomic E-state index is 0.0962. The van der Waals surface area contributed by atoms with Crippen LogP contribution in [0.3, 0.4) is 0 Å². The number of nitrogens with zero attached hydrogens (tertiary/aromatic N) is 1. The van der Waals surface area contributed by atoms with Gasteiger partial charge in [0.1, 0.15) is 0 Å². The fourth-order valence-electron chi connectivity index (χ4n) is 3.83. The Morgan fingerprint density at radius 3 is 1.86 bits per heavy atom. The molecule has 1 amide bonds. The van der Waals surface area contributed by atoms with E-state index in [1.807, 2.05) is 67.6 Å². The number of carbonyl (C=O) groups excluding carboxylic acids is 1. The largest absolute Gasteiger partial charge is 0.268 e. The van der Waals surface area contributed by atoms with Crippen LogP contribution in [0.4, 0.5) is 0 Å². The van der Waals surface area contributed by atoms with Crippen molar-refractivity contribution in [3.8, 4) is 0 Å². The van der Waals surface area contributed by atoms with Gasteiger partial charge in [-0.3, -0.25) is 4.79 Å². The Bertz CT molecular complexity index is 1150. The lowest BCUT2D eigenvalue weighted by Crippen LogP contribution is -2.35. The molecule has 0 spiro atoms. The number of amides is 1. The van der Waals surface area contributed by atoms with E-state index >= 15 is 0 Å². The molecule has 0 N–H and O–H groups in total. The number of rotatable bonds is 4. The van der Waals surface area contributed by atoms with Crippen molar-refractivity contribution in [2.75, 3.05) is 0 Å². The second-order valence-electron chi connectivity index (χ2n) is 7.19. The van der Waals surface area contributed by atoms with Crippen LogP contribution >= 0.6 is 0 Å². The van der Waals surface area contributed by atoms with Gasteiger partial charge in [0.15, 0.2) is 0 Å². The van der Waals surface area contributed by atoms with Gasteiger partial charge in [-0.1, -0.05) is 84.9 Å². The normalized spacial score (nSPS) is 19.6. The molecule has 0 aliphatic carbocycles. The van der Waals surface area contributed by atoms with Gasteiger partial charge >= 0.3 is 0 Å². The molecular formula is C24H21NO3S. The Morgan fingerprint density at radius 1 is 0.793 bits per heavy atom. The van der Waals surface area contributed by atoms with Crippen molar-refractivity contribution in [1.82, 2.24) is 4.31 Å². The van der Waals surface area contributed by atoms with E-state index in [1.165, 1.54) is 0 Å². The summed E-state index contributed by atoms with van der Waals surface area (Å²) < 4.78 is 28.1. The highest BCUT2D eigenvalue weighted by Crippen LogP contribution is 2.49. The van der Waals surface area contributed by atoms with E-state index in [0.29, 0.717) is 0 Å². The van der Waals surface area contributed by atoms with Crippen LogP contribution in [0.25, 0.3) is 0 Å². The lowest BCUT2D eigenvalue weighted by atomic mass is 9.85. The van der Waals surface area contributed by atoms with Gasteiger partial charge in [-0.2, -0.15) is 0 Å². The fraction of sp³-hybridized carbons (Fsp3) is 0.125. The van der Waals surface area contributed by atoms with E-state index in [0.717, 1.165) is 21.0 Å². The highest BCUT2D eigenvalue weighted by molar-refractivity contribution is 7.89. The lowest BCUT2D eigenvalue weighted by molar-refractivity contribution is -0.121. The molecule has 4 nitrogen and oxygen atoms in total. The summed E-state index contributed by atoms with van der Waals surface area (Å²) in [7, 11) is -4.05. The molecule has 1 aliphatic rings. The maximum atomic E-state index is 13.5. The van der Waals surface area contributed by atoms with Gasteiger partial charge in [0.05, 0.1) is 10.9 Å². The van der Waals surface area contributed by atoms with E-state index in [2.05, 4.69) is 6.58 Å². The molecule has 5 heteroatoms. The summed E-state index contributed by atoms with van der Waals surface area (Å²) in [6.07, 6.45) is 0. The highest BCUT2D eigenvalue weighted by Gasteiger charge is 2.50. The average Bonchev–Trinajstić information content (AvgIpc) is 3.01. The zero-order valence-electron chi connectivity index (χ0n) is 16.0. The van der Waals surface area contributed by atoms with Crippen molar-refractivity contribution < 1.29 is 13.2 Å². The Kier molecular flexibility index (Phi) is 4.84. The predicted octanol–water partition coefficient (Wildman–Crippen LogP) is 4.61. The van der Waals surface area contributed by atoms with Crippen LogP contribution in [0.1, 0.15) is 28.7 Å². The minimum Gasteiger partial charge on any atom is -0.268 e. The van der Waals surface area contributed by atoms with E-state index < -0.39 is 27.9 Å². The number of sulfonamides is 1. The molecule has 0 unspecified atom stereocenters. The summed E-state index contributed by atoms with van der Waals surface area (Å²) in [6, 6.07) is 24.6. The number of hydrogen-bond acceptors (Lipinski definition) is 3. The molecule has 0 radical (unpaired) electrons. The molecule has 4 rings (SSSR count). The number of carbonyl (C=O) groups is 1. The molecule has 2 atom stereocenters. The molecule has 0 saturated carbocycles.